The smallest absolute Gasteiger partial charge is 0.191 e. The van der Waals surface area contributed by atoms with Crippen LogP contribution < -0.4 is 0 Å². The van der Waals surface area contributed by atoms with Crippen LogP contribution in [0.1, 0.15) is 29.7 Å². The monoisotopic (exact) mass is 480 g/mol. The van der Waals surface area contributed by atoms with Gasteiger partial charge in [-0.25, -0.2) is 0 Å². The number of nitriles is 1. The number of aryl methyl sites for hydroxylation is 1. The van der Waals surface area contributed by atoms with Crippen molar-refractivity contribution in [3.05, 3.63) is 71.4 Å². The molecule has 7 heteroatoms. The van der Waals surface area contributed by atoms with Gasteiger partial charge in [0.25, 0.3) is 0 Å². The first kappa shape index (κ1) is 22.3. The molecule has 1 aliphatic carbocycles. The first-order chi connectivity index (χ1) is 17.1. The van der Waals surface area contributed by atoms with Crippen molar-refractivity contribution in [3.63, 3.8) is 0 Å². The summed E-state index contributed by atoms with van der Waals surface area (Å²) in [5.41, 5.74) is 5.55. The first-order valence-corrected chi connectivity index (χ1v) is 13.2. The van der Waals surface area contributed by atoms with Crippen LogP contribution in [0.2, 0.25) is 0 Å². The summed E-state index contributed by atoms with van der Waals surface area (Å²) in [4.78, 5) is 7.27. The van der Waals surface area contributed by atoms with E-state index in [0.29, 0.717) is 5.41 Å². The van der Waals surface area contributed by atoms with Crippen molar-refractivity contribution in [1.29, 1.82) is 5.26 Å². The number of hydrogen-bond donors (Lipinski definition) is 0. The quantitative estimate of drug-likeness (QED) is 0.275. The van der Waals surface area contributed by atoms with Crippen LogP contribution in [0.15, 0.2) is 59.8 Å². The molecule has 2 aliphatic rings. The van der Waals surface area contributed by atoms with Crippen LogP contribution in [0.3, 0.4) is 0 Å². The molecule has 0 radical (unpaired) electrons. The highest BCUT2D eigenvalue weighted by Gasteiger charge is 2.60. The summed E-state index contributed by atoms with van der Waals surface area (Å²) in [7, 11) is 2.05. The standard InChI is InChI=1S/C28H28N6S/c1-19-7-12-23-24(5-3-6-25(23)30-19)26-31-32-27(33(26)2)35-14-4-13-34-17-22-15-28(22,18-34)21-10-8-20(16-29)9-11-21/h3,5-12,22H,4,13-15,17-18H2,1-2H3/t22-,28+/m1/s1. The molecule has 1 aliphatic heterocycles. The Bertz CT molecular complexity index is 1440. The van der Waals surface area contributed by atoms with Gasteiger partial charge in [0.2, 0.25) is 0 Å². The lowest BCUT2D eigenvalue weighted by Crippen LogP contribution is -2.27. The molecule has 2 fully saturated rings. The highest BCUT2D eigenvalue weighted by molar-refractivity contribution is 7.99. The summed E-state index contributed by atoms with van der Waals surface area (Å²) in [6.07, 6.45) is 2.41. The number of likely N-dealkylation sites (tertiary alicyclic amines) is 1. The van der Waals surface area contributed by atoms with Crippen LogP contribution in [-0.2, 0) is 12.5 Å². The van der Waals surface area contributed by atoms with Gasteiger partial charge in [-0.2, -0.15) is 5.26 Å². The van der Waals surface area contributed by atoms with Gasteiger partial charge in [0, 0.05) is 47.9 Å². The van der Waals surface area contributed by atoms with Gasteiger partial charge < -0.3 is 9.47 Å². The summed E-state index contributed by atoms with van der Waals surface area (Å²) in [5, 5.41) is 20.1. The van der Waals surface area contributed by atoms with E-state index < -0.39 is 0 Å². The molecule has 2 aromatic heterocycles. The minimum absolute atomic E-state index is 0.325. The Kier molecular flexibility index (Phi) is 5.58. The molecule has 35 heavy (non-hydrogen) atoms. The number of benzene rings is 2. The lowest BCUT2D eigenvalue weighted by Gasteiger charge is -2.21. The van der Waals surface area contributed by atoms with Gasteiger partial charge in [0.1, 0.15) is 0 Å². The normalized spacial score (nSPS) is 21.2. The fourth-order valence-corrected chi connectivity index (χ4v) is 6.49. The Balaban J connectivity index is 1.06. The Hall–Kier alpha value is -3.21. The molecule has 1 saturated heterocycles. The van der Waals surface area contributed by atoms with Crippen molar-refractivity contribution in [3.8, 4) is 17.5 Å². The molecule has 0 bridgehead atoms. The molecule has 4 aromatic rings. The maximum atomic E-state index is 9.07. The third-order valence-electron chi connectivity index (χ3n) is 7.60. The Morgan fingerprint density at radius 2 is 1.97 bits per heavy atom. The predicted octanol–water partition coefficient (Wildman–Crippen LogP) is 4.97. The summed E-state index contributed by atoms with van der Waals surface area (Å²) < 4.78 is 2.10. The largest absolute Gasteiger partial charge is 0.305 e. The number of nitrogens with zero attached hydrogens (tertiary/aromatic N) is 6. The van der Waals surface area contributed by atoms with Gasteiger partial charge in [-0.15, -0.1) is 10.2 Å². The second-order valence-corrected chi connectivity index (χ2v) is 10.9. The highest BCUT2D eigenvalue weighted by Crippen LogP contribution is 2.58. The summed E-state index contributed by atoms with van der Waals surface area (Å²) in [5.74, 6) is 2.67. The van der Waals surface area contributed by atoms with Gasteiger partial charge in [-0.05, 0) is 62.1 Å². The van der Waals surface area contributed by atoms with E-state index in [2.05, 4.69) is 55.0 Å². The van der Waals surface area contributed by atoms with Crippen molar-refractivity contribution < 1.29 is 0 Å². The molecule has 2 atom stereocenters. The number of thioether (sulfide) groups is 1. The van der Waals surface area contributed by atoms with Gasteiger partial charge in [0.15, 0.2) is 11.0 Å². The van der Waals surface area contributed by atoms with Crippen LogP contribution in [0.4, 0.5) is 0 Å². The lowest BCUT2D eigenvalue weighted by molar-refractivity contribution is 0.299. The molecule has 6 nitrogen and oxygen atoms in total. The molecule has 1 saturated carbocycles. The average Bonchev–Trinajstić information content (AvgIpc) is 3.25. The molecule has 0 N–H and O–H groups in total. The lowest BCUT2D eigenvalue weighted by atomic mass is 9.94. The second kappa shape index (κ2) is 8.78. The Labute approximate surface area is 210 Å². The van der Waals surface area contributed by atoms with Crippen molar-refractivity contribution >= 4 is 22.7 Å². The summed E-state index contributed by atoms with van der Waals surface area (Å²) >= 11 is 1.78. The maximum Gasteiger partial charge on any atom is 0.191 e. The van der Waals surface area contributed by atoms with Crippen LogP contribution in [0, 0.1) is 24.2 Å². The molecule has 6 rings (SSSR count). The zero-order valence-electron chi connectivity index (χ0n) is 20.1. The van der Waals surface area contributed by atoms with Crippen LogP contribution in [0.5, 0.6) is 0 Å². The van der Waals surface area contributed by atoms with E-state index in [4.69, 9.17) is 5.26 Å². The third-order valence-corrected chi connectivity index (χ3v) is 8.71. The van der Waals surface area contributed by atoms with Crippen LogP contribution in [-0.4, -0.2) is 50.0 Å². The molecule has 0 unspecified atom stereocenters. The van der Waals surface area contributed by atoms with Gasteiger partial charge in [0.05, 0.1) is 17.1 Å². The molecule has 2 aromatic carbocycles. The van der Waals surface area contributed by atoms with E-state index in [-0.39, 0.29) is 0 Å². The van der Waals surface area contributed by atoms with E-state index >= 15 is 0 Å². The van der Waals surface area contributed by atoms with E-state index in [1.165, 1.54) is 18.5 Å². The molecule has 0 spiro atoms. The maximum absolute atomic E-state index is 9.07. The van der Waals surface area contributed by atoms with E-state index in [9.17, 15) is 0 Å². The number of rotatable bonds is 7. The molecular weight excluding hydrogens is 452 g/mol. The number of aromatic nitrogens is 4. The minimum Gasteiger partial charge on any atom is -0.305 e. The van der Waals surface area contributed by atoms with Crippen molar-refractivity contribution in [2.24, 2.45) is 13.0 Å². The Morgan fingerprint density at radius 3 is 2.80 bits per heavy atom. The van der Waals surface area contributed by atoms with Crippen LogP contribution in [0.25, 0.3) is 22.3 Å². The predicted molar refractivity (Wildman–Crippen MR) is 139 cm³/mol. The number of piperidine rings is 1. The van der Waals surface area contributed by atoms with Gasteiger partial charge in [-0.1, -0.05) is 42.1 Å². The SMILES string of the molecule is Cc1ccc2c(-c3nnc(SCCCN4C[C@H]5C[C@@]5(c5ccc(C#N)cc5)C4)n3C)cccc2n1. The number of pyridine rings is 1. The number of hydrogen-bond acceptors (Lipinski definition) is 6. The summed E-state index contributed by atoms with van der Waals surface area (Å²) in [6, 6.07) is 20.8. The second-order valence-electron chi connectivity index (χ2n) is 9.87. The number of fused-ring (bicyclic) bond motifs is 2. The highest BCUT2D eigenvalue weighted by atomic mass is 32.2. The fraction of sp³-hybridized carbons (Fsp3) is 0.357. The zero-order chi connectivity index (χ0) is 24.0. The van der Waals surface area contributed by atoms with Gasteiger partial charge in [-0.3, -0.25) is 4.98 Å². The Morgan fingerprint density at radius 1 is 1.11 bits per heavy atom. The first-order valence-electron chi connectivity index (χ1n) is 12.2. The topological polar surface area (TPSA) is 70.6 Å². The molecule has 0 amide bonds. The van der Waals surface area contributed by atoms with E-state index in [1.54, 1.807) is 11.8 Å². The zero-order valence-corrected chi connectivity index (χ0v) is 20.9. The van der Waals surface area contributed by atoms with E-state index in [1.807, 2.05) is 44.3 Å². The molecular formula is C28H28N6S. The van der Waals surface area contributed by atoms with Crippen molar-refractivity contribution in [1.82, 2.24) is 24.6 Å². The molecule has 3 heterocycles. The molecule has 176 valence electrons. The van der Waals surface area contributed by atoms with Crippen LogP contribution >= 0.6 is 11.8 Å². The minimum atomic E-state index is 0.325. The van der Waals surface area contributed by atoms with Gasteiger partial charge >= 0.3 is 0 Å². The van der Waals surface area contributed by atoms with Crippen molar-refractivity contribution in [2.45, 2.75) is 30.3 Å². The third kappa shape index (κ3) is 4.01. The average molecular weight is 481 g/mol. The van der Waals surface area contributed by atoms with Crippen molar-refractivity contribution in [2.75, 3.05) is 25.4 Å². The van der Waals surface area contributed by atoms with E-state index in [0.717, 1.165) is 69.9 Å². The summed E-state index contributed by atoms with van der Waals surface area (Å²) in [6.45, 7) is 5.45. The fourth-order valence-electron chi connectivity index (χ4n) is 5.66.